The summed E-state index contributed by atoms with van der Waals surface area (Å²) in [5, 5.41) is 0. The SMILES string of the molecule is C[C@H](c1ccccc1)N(C)C1=[N+](C)CCN1C.[I-]. The van der Waals surface area contributed by atoms with Gasteiger partial charge in [0.05, 0.1) is 40.3 Å². The summed E-state index contributed by atoms with van der Waals surface area (Å²) in [7, 11) is 6.49. The van der Waals surface area contributed by atoms with Crippen molar-refractivity contribution in [1.29, 1.82) is 0 Å². The minimum absolute atomic E-state index is 0. The van der Waals surface area contributed by atoms with Crippen LogP contribution in [0.3, 0.4) is 0 Å². The van der Waals surface area contributed by atoms with Gasteiger partial charge in [-0.25, -0.2) is 0 Å². The molecule has 3 nitrogen and oxygen atoms in total. The number of nitrogens with zero attached hydrogens (tertiary/aromatic N) is 3. The molecule has 100 valence electrons. The van der Waals surface area contributed by atoms with Crippen molar-refractivity contribution in [2.75, 3.05) is 34.2 Å². The highest BCUT2D eigenvalue weighted by Crippen LogP contribution is 2.20. The van der Waals surface area contributed by atoms with Crippen molar-refractivity contribution in [1.82, 2.24) is 9.80 Å². The van der Waals surface area contributed by atoms with Crippen LogP contribution in [-0.2, 0) is 0 Å². The molecule has 0 unspecified atom stereocenters. The van der Waals surface area contributed by atoms with Gasteiger partial charge in [0, 0.05) is 0 Å². The number of hydrogen-bond acceptors (Lipinski definition) is 2. The van der Waals surface area contributed by atoms with Crippen LogP contribution in [0, 0.1) is 0 Å². The Labute approximate surface area is 127 Å². The van der Waals surface area contributed by atoms with Gasteiger partial charge in [-0.2, -0.15) is 0 Å². The van der Waals surface area contributed by atoms with E-state index in [1.807, 2.05) is 0 Å². The quantitative estimate of drug-likeness (QED) is 0.476. The number of halogens is 1. The molecule has 0 spiro atoms. The fourth-order valence-electron chi connectivity index (χ4n) is 2.46. The van der Waals surface area contributed by atoms with Crippen LogP contribution in [0.15, 0.2) is 30.3 Å². The Morgan fingerprint density at radius 3 is 2.39 bits per heavy atom. The lowest BCUT2D eigenvalue weighted by Gasteiger charge is -2.24. The monoisotopic (exact) mass is 359 g/mol. The van der Waals surface area contributed by atoms with Crippen molar-refractivity contribution in [3.63, 3.8) is 0 Å². The second kappa shape index (κ2) is 6.41. The molecule has 1 heterocycles. The Balaban J connectivity index is 0.00000162. The maximum Gasteiger partial charge on any atom is 0.350 e. The van der Waals surface area contributed by atoms with Crippen LogP contribution in [0.1, 0.15) is 18.5 Å². The van der Waals surface area contributed by atoms with Gasteiger partial charge in [-0.05, 0) is 12.5 Å². The van der Waals surface area contributed by atoms with Gasteiger partial charge in [0.15, 0.2) is 0 Å². The highest BCUT2D eigenvalue weighted by Gasteiger charge is 2.31. The number of hydrogen-bond donors (Lipinski definition) is 0. The maximum atomic E-state index is 2.35. The first kappa shape index (κ1) is 15.3. The van der Waals surface area contributed by atoms with E-state index in [-0.39, 0.29) is 24.0 Å². The van der Waals surface area contributed by atoms with E-state index in [1.165, 1.54) is 11.5 Å². The second-order valence-corrected chi connectivity index (χ2v) is 4.84. The molecule has 0 aromatic heterocycles. The second-order valence-electron chi connectivity index (χ2n) is 4.84. The van der Waals surface area contributed by atoms with Gasteiger partial charge in [-0.3, -0.25) is 14.4 Å². The van der Waals surface area contributed by atoms with Gasteiger partial charge < -0.3 is 24.0 Å². The zero-order chi connectivity index (χ0) is 12.4. The maximum absolute atomic E-state index is 2.35. The Hall–Kier alpha value is -0.780. The molecule has 1 atom stereocenters. The molecule has 18 heavy (non-hydrogen) atoms. The predicted molar refractivity (Wildman–Crippen MR) is 71.3 cm³/mol. The molecule has 1 aromatic carbocycles. The predicted octanol–water partition coefficient (Wildman–Crippen LogP) is -1.37. The summed E-state index contributed by atoms with van der Waals surface area (Å²) in [6.45, 7) is 4.47. The largest absolute Gasteiger partial charge is 1.00 e. The van der Waals surface area contributed by atoms with Gasteiger partial charge in [-0.15, -0.1) is 0 Å². The Morgan fingerprint density at radius 2 is 1.89 bits per heavy atom. The molecule has 1 aromatic rings. The molecule has 1 aliphatic heterocycles. The average Bonchev–Trinajstić information content (AvgIpc) is 2.68. The molecular formula is C14H22IN3. The molecule has 0 saturated carbocycles. The summed E-state index contributed by atoms with van der Waals surface area (Å²) in [5.41, 5.74) is 1.36. The molecule has 0 aliphatic carbocycles. The van der Waals surface area contributed by atoms with Crippen LogP contribution >= 0.6 is 0 Å². The molecule has 2 rings (SSSR count). The van der Waals surface area contributed by atoms with Crippen LogP contribution in [0.4, 0.5) is 0 Å². The fourth-order valence-corrected chi connectivity index (χ4v) is 2.46. The third-order valence-electron chi connectivity index (χ3n) is 3.63. The lowest BCUT2D eigenvalue weighted by Crippen LogP contribution is -3.00. The Bertz CT molecular complexity index is 416. The minimum atomic E-state index is 0. The van der Waals surface area contributed by atoms with E-state index in [9.17, 15) is 0 Å². The number of likely N-dealkylation sites (N-methyl/N-ethyl adjacent to an activating group) is 2. The molecule has 1 aliphatic rings. The summed E-state index contributed by atoms with van der Waals surface area (Å²) in [6.07, 6.45) is 0. The van der Waals surface area contributed by atoms with Crippen LogP contribution in [0.5, 0.6) is 0 Å². The molecule has 0 saturated heterocycles. The Kier molecular flexibility index (Phi) is 5.44. The van der Waals surface area contributed by atoms with E-state index in [1.54, 1.807) is 0 Å². The summed E-state index contributed by atoms with van der Waals surface area (Å²) < 4.78 is 2.32. The van der Waals surface area contributed by atoms with Gasteiger partial charge >= 0.3 is 5.96 Å². The van der Waals surface area contributed by atoms with Crippen molar-refractivity contribution in [2.24, 2.45) is 0 Å². The first-order valence-corrected chi connectivity index (χ1v) is 6.18. The molecular weight excluding hydrogens is 337 g/mol. The first-order chi connectivity index (χ1) is 8.11. The Morgan fingerprint density at radius 1 is 1.28 bits per heavy atom. The van der Waals surface area contributed by atoms with Crippen molar-refractivity contribution in [3.8, 4) is 0 Å². The van der Waals surface area contributed by atoms with Crippen LogP contribution in [0.2, 0.25) is 0 Å². The number of benzene rings is 1. The van der Waals surface area contributed by atoms with Crippen molar-refractivity contribution < 1.29 is 28.6 Å². The number of guanidine groups is 1. The van der Waals surface area contributed by atoms with E-state index in [4.69, 9.17) is 0 Å². The van der Waals surface area contributed by atoms with Crippen LogP contribution in [-0.4, -0.2) is 54.6 Å². The molecule has 0 radical (unpaired) electrons. The zero-order valence-corrected chi connectivity index (χ0v) is 13.8. The third-order valence-corrected chi connectivity index (χ3v) is 3.63. The van der Waals surface area contributed by atoms with Crippen LogP contribution in [0.25, 0.3) is 0 Å². The van der Waals surface area contributed by atoms with Crippen molar-refractivity contribution in [2.45, 2.75) is 13.0 Å². The summed E-state index contributed by atoms with van der Waals surface area (Å²) in [6, 6.07) is 11.1. The standard InChI is InChI=1S/C14H22N3.HI/c1-12(13-8-6-5-7-9-13)17(4)14-15(2)10-11-16(14)3;/h5-9,12H,10-11H2,1-4H3;1H/q+1;/p-1/t12-;/m1./s1. The van der Waals surface area contributed by atoms with Crippen molar-refractivity contribution in [3.05, 3.63) is 35.9 Å². The lowest BCUT2D eigenvalue weighted by molar-refractivity contribution is -0.491. The lowest BCUT2D eigenvalue weighted by atomic mass is 10.1. The molecule has 0 N–H and O–H groups in total. The van der Waals surface area contributed by atoms with E-state index >= 15 is 0 Å². The molecule has 0 fully saturated rings. The van der Waals surface area contributed by atoms with Gasteiger partial charge in [-0.1, -0.05) is 30.3 Å². The average molecular weight is 359 g/mol. The highest BCUT2D eigenvalue weighted by molar-refractivity contribution is 5.76. The molecule has 0 amide bonds. The van der Waals surface area contributed by atoms with Crippen molar-refractivity contribution >= 4 is 5.96 Å². The zero-order valence-electron chi connectivity index (χ0n) is 11.6. The summed E-state index contributed by atoms with van der Waals surface area (Å²) >= 11 is 0. The normalized spacial score (nSPS) is 16.6. The third kappa shape index (κ3) is 2.96. The highest BCUT2D eigenvalue weighted by atomic mass is 127. The van der Waals surface area contributed by atoms with Crippen LogP contribution < -0.4 is 24.0 Å². The summed E-state index contributed by atoms with van der Waals surface area (Å²) in [4.78, 5) is 4.67. The smallest absolute Gasteiger partial charge is 0.350 e. The molecule has 4 heteroatoms. The van der Waals surface area contributed by atoms with Gasteiger partial charge in [0.2, 0.25) is 0 Å². The van der Waals surface area contributed by atoms with E-state index < -0.39 is 0 Å². The van der Waals surface area contributed by atoms with Gasteiger partial charge in [0.25, 0.3) is 0 Å². The number of rotatable bonds is 2. The topological polar surface area (TPSA) is 9.49 Å². The summed E-state index contributed by atoms with van der Waals surface area (Å²) in [5.74, 6) is 1.31. The first-order valence-electron chi connectivity index (χ1n) is 6.18. The van der Waals surface area contributed by atoms with Gasteiger partial charge in [0.1, 0.15) is 0 Å². The van der Waals surface area contributed by atoms with E-state index in [0.717, 1.165) is 13.1 Å². The van der Waals surface area contributed by atoms with E-state index in [2.05, 4.69) is 72.8 Å². The fraction of sp³-hybridized carbons (Fsp3) is 0.500. The van der Waals surface area contributed by atoms with E-state index in [0.29, 0.717) is 6.04 Å². The molecule has 0 bridgehead atoms. The minimum Gasteiger partial charge on any atom is -1.00 e.